The zero-order valence-electron chi connectivity index (χ0n) is 18.4. The van der Waals surface area contributed by atoms with Crippen molar-refractivity contribution in [2.75, 3.05) is 13.2 Å². The Morgan fingerprint density at radius 3 is 2.78 bits per heavy atom. The van der Waals surface area contributed by atoms with E-state index in [9.17, 15) is 9.18 Å². The number of nitrogens with zero attached hydrogens (tertiary/aromatic N) is 2. The molecule has 7 heteroatoms. The summed E-state index contributed by atoms with van der Waals surface area (Å²) in [6.07, 6.45) is 2.93. The van der Waals surface area contributed by atoms with E-state index in [0.717, 1.165) is 42.0 Å². The Bertz CT molecular complexity index is 1070. The first-order valence-electron chi connectivity index (χ1n) is 11.0. The number of benzene rings is 2. The van der Waals surface area contributed by atoms with Gasteiger partial charge < -0.3 is 14.8 Å². The standard InChI is InChI=1S/C25H28FN3O3/c1-17-5-3-6-20(15-17)29-25(32-21-10-8-19(26)9-11-21)23(18(2)28-29)12-13-24(30)27-16-22-7-4-14-31-22/h3,5-6,8-11,15,22H,4,7,12-14,16H2,1-2H3,(H,27,30)/t22-/m0/s1. The van der Waals surface area contributed by atoms with E-state index < -0.39 is 0 Å². The molecule has 6 nitrogen and oxygen atoms in total. The van der Waals surface area contributed by atoms with Crippen molar-refractivity contribution in [1.82, 2.24) is 15.1 Å². The SMILES string of the molecule is Cc1cccc(-n2nc(C)c(CCC(=O)NC[C@@H]3CCCO3)c2Oc2ccc(F)cc2)c1. The lowest BCUT2D eigenvalue weighted by Gasteiger charge is -2.13. The second kappa shape index (κ2) is 9.96. The van der Waals surface area contributed by atoms with Crippen LogP contribution in [0.2, 0.25) is 0 Å². The quantitative estimate of drug-likeness (QED) is 0.557. The van der Waals surface area contributed by atoms with Crippen LogP contribution in [0.25, 0.3) is 5.69 Å². The zero-order valence-corrected chi connectivity index (χ0v) is 18.4. The lowest BCUT2D eigenvalue weighted by atomic mass is 10.1. The van der Waals surface area contributed by atoms with Gasteiger partial charge in [-0.15, -0.1) is 0 Å². The van der Waals surface area contributed by atoms with E-state index in [2.05, 4.69) is 10.4 Å². The molecule has 1 saturated heterocycles. The summed E-state index contributed by atoms with van der Waals surface area (Å²) >= 11 is 0. The van der Waals surface area contributed by atoms with Crippen LogP contribution in [0.15, 0.2) is 48.5 Å². The van der Waals surface area contributed by atoms with Crippen LogP contribution in [0.4, 0.5) is 4.39 Å². The number of halogens is 1. The van der Waals surface area contributed by atoms with Gasteiger partial charge in [-0.05, 0) is 75.1 Å². The molecule has 0 spiro atoms. The number of hydrogen-bond acceptors (Lipinski definition) is 4. The van der Waals surface area contributed by atoms with Gasteiger partial charge in [-0.3, -0.25) is 4.79 Å². The van der Waals surface area contributed by atoms with Gasteiger partial charge in [0.15, 0.2) is 0 Å². The molecule has 168 valence electrons. The van der Waals surface area contributed by atoms with Gasteiger partial charge in [0.25, 0.3) is 0 Å². The maximum atomic E-state index is 13.4. The Balaban J connectivity index is 1.55. The van der Waals surface area contributed by atoms with Crippen LogP contribution in [-0.2, 0) is 16.0 Å². The predicted octanol–water partition coefficient (Wildman–Crippen LogP) is 4.65. The van der Waals surface area contributed by atoms with E-state index in [0.29, 0.717) is 31.0 Å². The molecular weight excluding hydrogens is 409 g/mol. The monoisotopic (exact) mass is 437 g/mol. The van der Waals surface area contributed by atoms with Gasteiger partial charge in [0.2, 0.25) is 11.8 Å². The number of rotatable bonds is 8. The van der Waals surface area contributed by atoms with Crippen LogP contribution in [-0.4, -0.2) is 34.9 Å². The number of ether oxygens (including phenoxy) is 2. The molecule has 3 aromatic rings. The van der Waals surface area contributed by atoms with E-state index in [4.69, 9.17) is 9.47 Å². The fourth-order valence-electron chi connectivity index (χ4n) is 3.84. The number of amides is 1. The minimum atomic E-state index is -0.330. The second-order valence-electron chi connectivity index (χ2n) is 8.12. The lowest BCUT2D eigenvalue weighted by molar-refractivity contribution is -0.121. The first kappa shape index (κ1) is 22.0. The first-order valence-corrected chi connectivity index (χ1v) is 11.0. The molecule has 1 atom stereocenters. The summed E-state index contributed by atoms with van der Waals surface area (Å²) in [4.78, 5) is 12.4. The summed E-state index contributed by atoms with van der Waals surface area (Å²) in [6, 6.07) is 13.8. The Kier molecular flexibility index (Phi) is 6.85. The Labute approximate surface area is 187 Å². The molecule has 1 aromatic heterocycles. The van der Waals surface area contributed by atoms with E-state index in [-0.39, 0.29) is 17.8 Å². The van der Waals surface area contributed by atoms with Crippen molar-refractivity contribution in [3.63, 3.8) is 0 Å². The van der Waals surface area contributed by atoms with Gasteiger partial charge >= 0.3 is 0 Å². The molecule has 2 heterocycles. The first-order chi connectivity index (χ1) is 15.5. The van der Waals surface area contributed by atoms with Gasteiger partial charge in [-0.1, -0.05) is 12.1 Å². The lowest BCUT2D eigenvalue weighted by Crippen LogP contribution is -2.31. The largest absolute Gasteiger partial charge is 0.439 e. The van der Waals surface area contributed by atoms with E-state index in [1.807, 2.05) is 38.1 Å². The molecule has 1 N–H and O–H groups in total. The third-order valence-electron chi connectivity index (χ3n) is 5.56. The van der Waals surface area contributed by atoms with Gasteiger partial charge in [0, 0.05) is 25.1 Å². The average Bonchev–Trinajstić information content (AvgIpc) is 3.40. The number of hydrogen-bond donors (Lipinski definition) is 1. The molecule has 32 heavy (non-hydrogen) atoms. The van der Waals surface area contributed by atoms with Crippen molar-refractivity contribution in [2.24, 2.45) is 0 Å². The summed E-state index contributed by atoms with van der Waals surface area (Å²) in [5.41, 5.74) is 3.59. The van der Waals surface area contributed by atoms with Crippen LogP contribution in [0, 0.1) is 19.7 Å². The molecule has 0 aliphatic carbocycles. The molecule has 1 fully saturated rings. The molecule has 1 aliphatic heterocycles. The Morgan fingerprint density at radius 1 is 1.25 bits per heavy atom. The van der Waals surface area contributed by atoms with Gasteiger partial charge in [0.05, 0.1) is 17.5 Å². The molecule has 2 aromatic carbocycles. The number of aryl methyl sites for hydroxylation is 2. The van der Waals surface area contributed by atoms with Gasteiger partial charge in [-0.25, -0.2) is 9.07 Å². The number of nitrogens with one attached hydrogen (secondary N) is 1. The molecule has 0 bridgehead atoms. The third-order valence-corrected chi connectivity index (χ3v) is 5.56. The van der Waals surface area contributed by atoms with Crippen molar-refractivity contribution in [2.45, 2.75) is 45.6 Å². The summed E-state index contributed by atoms with van der Waals surface area (Å²) in [5.74, 6) is 0.677. The normalized spacial score (nSPS) is 15.7. The smallest absolute Gasteiger partial charge is 0.226 e. The molecule has 1 amide bonds. The highest BCUT2D eigenvalue weighted by molar-refractivity contribution is 5.76. The van der Waals surface area contributed by atoms with E-state index in [1.54, 1.807) is 16.8 Å². The number of carbonyl (C=O) groups is 1. The van der Waals surface area contributed by atoms with Crippen molar-refractivity contribution in [3.05, 3.63) is 71.2 Å². The van der Waals surface area contributed by atoms with Crippen LogP contribution >= 0.6 is 0 Å². The molecule has 4 rings (SSSR count). The molecule has 0 saturated carbocycles. The van der Waals surface area contributed by atoms with Crippen LogP contribution in [0.1, 0.15) is 36.1 Å². The second-order valence-corrected chi connectivity index (χ2v) is 8.12. The highest BCUT2D eigenvalue weighted by atomic mass is 19.1. The highest BCUT2D eigenvalue weighted by Crippen LogP contribution is 2.32. The highest BCUT2D eigenvalue weighted by Gasteiger charge is 2.21. The van der Waals surface area contributed by atoms with Crippen LogP contribution in [0.3, 0.4) is 0 Å². The van der Waals surface area contributed by atoms with E-state index in [1.165, 1.54) is 12.1 Å². The zero-order chi connectivity index (χ0) is 22.5. The van der Waals surface area contributed by atoms with Crippen LogP contribution in [0.5, 0.6) is 11.6 Å². The van der Waals surface area contributed by atoms with Crippen molar-refractivity contribution < 1.29 is 18.7 Å². The Morgan fingerprint density at radius 2 is 2.06 bits per heavy atom. The number of aromatic nitrogens is 2. The summed E-state index contributed by atoms with van der Waals surface area (Å²) in [6.45, 7) is 5.23. The minimum absolute atomic E-state index is 0.0315. The third kappa shape index (κ3) is 5.34. The van der Waals surface area contributed by atoms with Crippen molar-refractivity contribution in [1.29, 1.82) is 0 Å². The fourth-order valence-corrected chi connectivity index (χ4v) is 3.84. The average molecular weight is 438 g/mol. The topological polar surface area (TPSA) is 65.4 Å². The summed E-state index contributed by atoms with van der Waals surface area (Å²) in [5, 5.41) is 7.65. The van der Waals surface area contributed by atoms with Gasteiger partial charge in [0.1, 0.15) is 11.6 Å². The van der Waals surface area contributed by atoms with Crippen LogP contribution < -0.4 is 10.1 Å². The summed E-state index contributed by atoms with van der Waals surface area (Å²) in [7, 11) is 0. The maximum absolute atomic E-state index is 13.4. The maximum Gasteiger partial charge on any atom is 0.226 e. The number of carbonyl (C=O) groups excluding carboxylic acids is 1. The van der Waals surface area contributed by atoms with Gasteiger partial charge in [-0.2, -0.15) is 5.10 Å². The Hall–Kier alpha value is -3.19. The molecule has 1 aliphatic rings. The molecule has 0 unspecified atom stereocenters. The summed E-state index contributed by atoms with van der Waals surface area (Å²) < 4.78 is 26.8. The fraction of sp³-hybridized carbons (Fsp3) is 0.360. The molecule has 0 radical (unpaired) electrons. The van der Waals surface area contributed by atoms with E-state index >= 15 is 0 Å². The minimum Gasteiger partial charge on any atom is -0.439 e. The predicted molar refractivity (Wildman–Crippen MR) is 120 cm³/mol. The van der Waals surface area contributed by atoms with Crippen molar-refractivity contribution >= 4 is 5.91 Å². The van der Waals surface area contributed by atoms with Crippen molar-refractivity contribution in [3.8, 4) is 17.3 Å². The molecular formula is C25H28FN3O3.